The Labute approximate surface area is 215 Å². The first kappa shape index (κ1) is 27.5. The van der Waals surface area contributed by atoms with E-state index < -0.39 is 46.4 Å². The van der Waals surface area contributed by atoms with E-state index in [4.69, 9.17) is 0 Å². The average Bonchev–Trinajstić information content (AvgIpc) is 3.04. The van der Waals surface area contributed by atoms with Gasteiger partial charge >= 0.3 is 5.97 Å². The molecule has 6 heteroatoms. The van der Waals surface area contributed by atoms with E-state index in [0.717, 1.165) is 25.7 Å². The number of carbonyl (C=O) groups excluding carboxylic acids is 1. The molecule has 0 radical (unpaired) electrons. The lowest BCUT2D eigenvalue weighted by Crippen LogP contribution is -2.66. The maximum atomic E-state index is 14.0. The van der Waals surface area contributed by atoms with Crippen molar-refractivity contribution >= 4 is 11.8 Å². The van der Waals surface area contributed by atoms with Gasteiger partial charge in [0.05, 0.1) is 23.7 Å². The van der Waals surface area contributed by atoms with Crippen molar-refractivity contribution in [3.63, 3.8) is 0 Å². The van der Waals surface area contributed by atoms with E-state index in [2.05, 4.69) is 40.7 Å². The number of Topliss-reactive ketones (excluding diaryl/α,β-unsaturated/α-hetero) is 1. The van der Waals surface area contributed by atoms with Gasteiger partial charge in [0.15, 0.2) is 5.78 Å². The molecule has 0 unspecified atom stereocenters. The molecule has 0 aromatic carbocycles. The minimum atomic E-state index is -1.58. The van der Waals surface area contributed by atoms with Gasteiger partial charge in [0.25, 0.3) is 0 Å². The van der Waals surface area contributed by atoms with Crippen LogP contribution in [-0.4, -0.2) is 50.5 Å². The van der Waals surface area contributed by atoms with Crippen LogP contribution in [-0.2, 0) is 9.59 Å². The molecule has 2 fully saturated rings. The first-order valence-electron chi connectivity index (χ1n) is 13.8. The average molecular weight is 503 g/mol. The molecule has 0 amide bonds. The van der Waals surface area contributed by atoms with Crippen molar-refractivity contribution in [3.8, 4) is 0 Å². The number of carbonyl (C=O) groups is 2. The number of carboxylic acid groups (broad SMARTS) is 1. The van der Waals surface area contributed by atoms with Gasteiger partial charge in [-0.1, -0.05) is 39.3 Å². The Morgan fingerprint density at radius 3 is 2.33 bits per heavy atom. The zero-order valence-corrected chi connectivity index (χ0v) is 23.1. The van der Waals surface area contributed by atoms with Crippen LogP contribution in [0.5, 0.6) is 0 Å². The molecule has 4 N–H and O–H groups in total. The van der Waals surface area contributed by atoms with Gasteiger partial charge in [-0.15, -0.1) is 0 Å². The zero-order chi connectivity index (χ0) is 27.0. The topological polar surface area (TPSA) is 115 Å². The third-order valence-corrected chi connectivity index (χ3v) is 11.7. The molecule has 4 aliphatic rings. The minimum Gasteiger partial charge on any atom is -0.481 e. The van der Waals surface area contributed by atoms with Crippen molar-refractivity contribution in [2.24, 2.45) is 39.4 Å². The van der Waals surface area contributed by atoms with Gasteiger partial charge in [-0.3, -0.25) is 9.59 Å². The van der Waals surface area contributed by atoms with E-state index in [0.29, 0.717) is 29.4 Å². The quantitative estimate of drug-likeness (QED) is 0.406. The second-order valence-electron chi connectivity index (χ2n) is 13.6. The van der Waals surface area contributed by atoms with Gasteiger partial charge in [0.2, 0.25) is 0 Å². The third kappa shape index (κ3) is 3.46. The van der Waals surface area contributed by atoms with Gasteiger partial charge in [-0.05, 0) is 81.6 Å². The van der Waals surface area contributed by atoms with Crippen molar-refractivity contribution in [3.05, 3.63) is 22.8 Å². The van der Waals surface area contributed by atoms with Crippen molar-refractivity contribution < 1.29 is 30.0 Å². The Morgan fingerprint density at radius 1 is 1.11 bits per heavy atom. The Bertz CT molecular complexity index is 1010. The van der Waals surface area contributed by atoms with Crippen LogP contribution in [0.4, 0.5) is 0 Å². The number of allylic oxidation sites excluding steroid dienone is 3. The van der Waals surface area contributed by atoms with Crippen LogP contribution >= 0.6 is 0 Å². The molecular formula is C30H46O6. The summed E-state index contributed by atoms with van der Waals surface area (Å²) in [6.07, 6.45) is 3.31. The summed E-state index contributed by atoms with van der Waals surface area (Å²) in [5.74, 6) is -1.28. The first-order valence-corrected chi connectivity index (χ1v) is 13.8. The Morgan fingerprint density at radius 2 is 1.75 bits per heavy atom. The first-order chi connectivity index (χ1) is 16.6. The van der Waals surface area contributed by atoms with Crippen LogP contribution < -0.4 is 0 Å². The highest BCUT2D eigenvalue weighted by Crippen LogP contribution is 2.71. The van der Waals surface area contributed by atoms with Crippen molar-refractivity contribution in [2.75, 3.05) is 0 Å². The van der Waals surface area contributed by atoms with E-state index in [1.165, 1.54) is 12.5 Å². The highest BCUT2D eigenvalue weighted by atomic mass is 16.4. The molecule has 0 bridgehead atoms. The summed E-state index contributed by atoms with van der Waals surface area (Å²) in [4.78, 5) is 26.4. The van der Waals surface area contributed by atoms with Crippen molar-refractivity contribution in [2.45, 2.75) is 112 Å². The molecule has 202 valence electrons. The fourth-order valence-corrected chi connectivity index (χ4v) is 9.21. The summed E-state index contributed by atoms with van der Waals surface area (Å²) < 4.78 is 0. The third-order valence-electron chi connectivity index (χ3n) is 11.7. The lowest BCUT2D eigenvalue weighted by atomic mass is 9.41. The van der Waals surface area contributed by atoms with Gasteiger partial charge in [0.1, 0.15) is 0 Å². The molecule has 4 aliphatic carbocycles. The fourth-order valence-electron chi connectivity index (χ4n) is 9.21. The highest BCUT2D eigenvalue weighted by Gasteiger charge is 2.70. The smallest absolute Gasteiger partial charge is 0.312 e. The Hall–Kier alpha value is -1.50. The van der Waals surface area contributed by atoms with E-state index in [-0.39, 0.29) is 24.0 Å². The van der Waals surface area contributed by atoms with Gasteiger partial charge < -0.3 is 20.4 Å². The molecule has 0 aromatic heterocycles. The summed E-state index contributed by atoms with van der Waals surface area (Å²) in [5, 5.41) is 44.0. The second-order valence-corrected chi connectivity index (χ2v) is 13.6. The number of hydrogen-bond acceptors (Lipinski definition) is 5. The largest absolute Gasteiger partial charge is 0.481 e. The number of aliphatic carboxylic acids is 1. The van der Waals surface area contributed by atoms with Crippen molar-refractivity contribution in [1.82, 2.24) is 0 Å². The molecule has 0 saturated heterocycles. The fraction of sp³-hybridized carbons (Fsp3) is 0.800. The van der Waals surface area contributed by atoms with Crippen LogP contribution in [0.15, 0.2) is 22.8 Å². The van der Waals surface area contributed by atoms with Gasteiger partial charge in [-0.25, -0.2) is 0 Å². The number of aliphatic hydroxyl groups excluding tert-OH is 3. The summed E-state index contributed by atoms with van der Waals surface area (Å²) in [6.45, 7) is 14.2. The zero-order valence-electron chi connectivity index (χ0n) is 23.1. The molecule has 2 saturated carbocycles. The maximum Gasteiger partial charge on any atom is 0.312 e. The molecule has 0 heterocycles. The summed E-state index contributed by atoms with van der Waals surface area (Å²) in [5.41, 5.74) is -0.889. The number of aliphatic hydroxyl groups is 3. The predicted molar refractivity (Wildman–Crippen MR) is 138 cm³/mol. The Balaban J connectivity index is 1.82. The molecule has 0 aromatic rings. The van der Waals surface area contributed by atoms with Gasteiger partial charge in [0, 0.05) is 29.2 Å². The summed E-state index contributed by atoms with van der Waals surface area (Å²) in [6, 6.07) is 0. The molecule has 0 spiro atoms. The van der Waals surface area contributed by atoms with Crippen LogP contribution in [0.1, 0.15) is 93.4 Å². The number of hydrogen-bond donors (Lipinski definition) is 4. The van der Waals surface area contributed by atoms with Gasteiger partial charge in [-0.2, -0.15) is 0 Å². The number of rotatable bonds is 5. The van der Waals surface area contributed by atoms with E-state index in [1.807, 2.05) is 6.92 Å². The maximum absolute atomic E-state index is 14.0. The minimum absolute atomic E-state index is 0.0363. The normalized spacial score (nSPS) is 47.1. The number of fused-ring (bicyclic) bond motifs is 4. The highest BCUT2D eigenvalue weighted by molar-refractivity contribution is 6.00. The van der Waals surface area contributed by atoms with E-state index in [9.17, 15) is 30.0 Å². The molecule has 10 atom stereocenters. The van der Waals surface area contributed by atoms with Crippen LogP contribution in [0, 0.1) is 39.4 Å². The van der Waals surface area contributed by atoms with Crippen LogP contribution in [0.3, 0.4) is 0 Å². The Kier molecular flexibility index (Phi) is 6.71. The lowest BCUT2D eigenvalue weighted by molar-refractivity contribution is -0.194. The van der Waals surface area contributed by atoms with E-state index in [1.54, 1.807) is 0 Å². The molecule has 6 nitrogen and oxygen atoms in total. The molecular weight excluding hydrogens is 456 g/mol. The molecule has 4 rings (SSSR count). The summed E-state index contributed by atoms with van der Waals surface area (Å²) in [7, 11) is 0. The van der Waals surface area contributed by atoms with E-state index >= 15 is 0 Å². The summed E-state index contributed by atoms with van der Waals surface area (Å²) >= 11 is 0. The molecule has 36 heavy (non-hydrogen) atoms. The molecule has 0 aliphatic heterocycles. The second kappa shape index (κ2) is 8.78. The van der Waals surface area contributed by atoms with Crippen molar-refractivity contribution in [1.29, 1.82) is 0 Å². The monoisotopic (exact) mass is 502 g/mol. The number of ketones is 1. The van der Waals surface area contributed by atoms with Crippen LogP contribution in [0.2, 0.25) is 0 Å². The van der Waals surface area contributed by atoms with Crippen LogP contribution in [0.25, 0.3) is 0 Å². The SMILES string of the molecule is CC(C)=CCC[C@H](C)[C@H]1CC[C@@]2(C)C3=C([C@H](O)C[C@]12C)[C@]1(C)[C@@H](CC3=O)[C@@](C)(C(=O)O)[C@@H](O)C[C@H]1O. The standard InChI is InChI=1S/C30H46O6/c1-16(2)9-8-10-17(3)18-11-12-27(4)24-19(31)13-21-29(6,25(24)20(32)15-28(18,27)5)22(33)14-23(34)30(21,7)26(35)36/h9,17-18,20-23,32-34H,8,10-15H2,1-7H3,(H,35,36)/t17-,18+,20+,21+,22+,23-,27-,28+,29+,30+/m0/s1. The number of carboxylic acids is 1. The predicted octanol–water partition coefficient (Wildman–Crippen LogP) is 4.66. The lowest BCUT2D eigenvalue weighted by Gasteiger charge is -2.63.